The van der Waals surface area contributed by atoms with Gasteiger partial charge < -0.3 is 32.2 Å². The number of benzene rings is 1. The third-order valence-corrected chi connectivity index (χ3v) is 6.41. The van der Waals surface area contributed by atoms with E-state index >= 15 is 0 Å². The normalized spacial score (nSPS) is 15.7. The van der Waals surface area contributed by atoms with Gasteiger partial charge in [-0.25, -0.2) is 9.51 Å². The summed E-state index contributed by atoms with van der Waals surface area (Å²) >= 11 is 0. The number of nitrogens with one attached hydrogen (secondary N) is 2. The van der Waals surface area contributed by atoms with Gasteiger partial charge in [0.1, 0.15) is 11.6 Å². The van der Waals surface area contributed by atoms with Crippen LogP contribution in [0.15, 0.2) is 66.0 Å². The number of phenolic OH excluding ortho intramolecular Hbond substituents is 1. The molecule has 1 aliphatic rings. The highest BCUT2D eigenvalue weighted by Crippen LogP contribution is 2.29. The fraction of sp³-hybridized carbons (Fsp3) is 0.269. The Morgan fingerprint density at radius 1 is 1.33 bits per heavy atom. The molecule has 5 rings (SSSR count). The largest absolute Gasteiger partial charge is 0.618 e. The average molecular weight is 490 g/mol. The summed E-state index contributed by atoms with van der Waals surface area (Å²) in [6.07, 6.45) is 7.99. The summed E-state index contributed by atoms with van der Waals surface area (Å²) in [5.41, 5.74) is 11.7. The number of anilines is 1. The number of fused-ring (bicyclic) bond motifs is 1. The highest BCUT2D eigenvalue weighted by molar-refractivity contribution is 6.06. The van der Waals surface area contributed by atoms with Crippen molar-refractivity contribution in [2.24, 2.45) is 10.7 Å². The highest BCUT2D eigenvalue weighted by Gasteiger charge is 2.20. The van der Waals surface area contributed by atoms with E-state index in [-0.39, 0.29) is 11.2 Å². The number of aromatic nitrogens is 3. The minimum atomic E-state index is 0. The molecule has 10 nitrogen and oxygen atoms in total. The summed E-state index contributed by atoms with van der Waals surface area (Å²) in [7, 11) is 0. The Hall–Kier alpha value is -4.15. The maximum absolute atomic E-state index is 12.3. The van der Waals surface area contributed by atoms with Gasteiger partial charge >= 0.3 is 0 Å². The van der Waals surface area contributed by atoms with Crippen LogP contribution in [0.25, 0.3) is 16.8 Å². The van der Waals surface area contributed by atoms with Crippen LogP contribution >= 0.6 is 0 Å². The number of nitrogens with zero attached hydrogens (tertiary/aromatic N) is 4. The molecule has 1 aliphatic heterocycles. The summed E-state index contributed by atoms with van der Waals surface area (Å²) in [6.45, 7) is 3.75. The monoisotopic (exact) mass is 489 g/mol. The van der Waals surface area contributed by atoms with Crippen LogP contribution in [0, 0.1) is 5.21 Å². The minimum absolute atomic E-state index is 0. The van der Waals surface area contributed by atoms with Crippen LogP contribution in [0.2, 0.25) is 0 Å². The first-order valence-electron chi connectivity index (χ1n) is 11.9. The maximum atomic E-state index is 12.3. The van der Waals surface area contributed by atoms with Crippen LogP contribution in [0.3, 0.4) is 0 Å². The first-order chi connectivity index (χ1) is 17.0. The van der Waals surface area contributed by atoms with Crippen molar-refractivity contribution < 1.29 is 15.3 Å². The molecule has 7 N–H and O–H groups in total. The van der Waals surface area contributed by atoms with Gasteiger partial charge in [-0.1, -0.05) is 6.92 Å². The Labute approximate surface area is 209 Å². The second-order valence-electron chi connectivity index (χ2n) is 8.74. The molecule has 10 heteroatoms. The highest BCUT2D eigenvalue weighted by atomic mass is 16.5. The van der Waals surface area contributed by atoms with E-state index in [1.807, 2.05) is 25.3 Å². The molecular formula is C26H31N7O3. The predicted octanol–water partition coefficient (Wildman–Crippen LogP) is 2.28. The molecule has 0 bridgehead atoms. The first-order valence-corrected chi connectivity index (χ1v) is 11.9. The average Bonchev–Trinajstić information content (AvgIpc) is 3.53. The predicted molar refractivity (Wildman–Crippen MR) is 141 cm³/mol. The van der Waals surface area contributed by atoms with Gasteiger partial charge in [0.15, 0.2) is 6.20 Å². The zero-order valence-corrected chi connectivity index (χ0v) is 20.1. The third kappa shape index (κ3) is 4.95. The van der Waals surface area contributed by atoms with E-state index in [1.54, 1.807) is 41.0 Å². The van der Waals surface area contributed by atoms with E-state index in [1.165, 1.54) is 6.20 Å². The number of phenols is 1. The van der Waals surface area contributed by atoms with E-state index in [9.17, 15) is 10.3 Å². The molecule has 0 unspecified atom stereocenters. The molecule has 1 saturated heterocycles. The zero-order chi connectivity index (χ0) is 24.4. The third-order valence-electron chi connectivity index (χ3n) is 6.41. The number of hydrogen-bond acceptors (Lipinski definition) is 6. The number of aromatic hydroxyl groups is 1. The van der Waals surface area contributed by atoms with E-state index in [0.717, 1.165) is 53.0 Å². The number of hydrogen-bond donors (Lipinski definition) is 4. The van der Waals surface area contributed by atoms with E-state index < -0.39 is 0 Å². The Morgan fingerprint density at radius 2 is 2.19 bits per heavy atom. The molecule has 0 aliphatic carbocycles. The lowest BCUT2D eigenvalue weighted by molar-refractivity contribution is -0.593. The van der Waals surface area contributed by atoms with E-state index in [4.69, 9.17) is 10.7 Å². The van der Waals surface area contributed by atoms with Gasteiger partial charge in [-0.2, -0.15) is 9.83 Å². The van der Waals surface area contributed by atoms with Crippen LogP contribution < -0.4 is 21.1 Å². The summed E-state index contributed by atoms with van der Waals surface area (Å²) < 4.78 is 2.60. The molecule has 4 aromatic rings. The fourth-order valence-electron chi connectivity index (χ4n) is 4.54. The number of nitrogens with two attached hydrogens (primary N) is 1. The summed E-state index contributed by atoms with van der Waals surface area (Å²) in [4.78, 5) is 4.69. The molecule has 1 fully saturated rings. The number of pyridine rings is 1. The van der Waals surface area contributed by atoms with Gasteiger partial charge in [0.05, 0.1) is 34.2 Å². The van der Waals surface area contributed by atoms with Crippen molar-refractivity contribution in [2.45, 2.75) is 32.2 Å². The molecule has 1 atom stereocenters. The minimum Gasteiger partial charge on any atom is -0.618 e. The van der Waals surface area contributed by atoms with Crippen LogP contribution in [0.1, 0.15) is 30.9 Å². The quantitative estimate of drug-likeness (QED) is 0.135. The van der Waals surface area contributed by atoms with Crippen molar-refractivity contribution in [1.82, 2.24) is 14.9 Å². The number of aryl methyl sites for hydroxylation is 1. The van der Waals surface area contributed by atoms with Crippen molar-refractivity contribution in [1.29, 1.82) is 0 Å². The molecule has 0 spiro atoms. The van der Waals surface area contributed by atoms with E-state index in [0.29, 0.717) is 35.2 Å². The number of amidine groups is 1. The van der Waals surface area contributed by atoms with E-state index in [2.05, 4.69) is 15.7 Å². The lowest BCUT2D eigenvalue weighted by Crippen LogP contribution is -2.30. The molecule has 0 amide bonds. The number of rotatable bonds is 7. The summed E-state index contributed by atoms with van der Waals surface area (Å²) in [5.74, 6) is 0.523. The smallest absolute Gasteiger partial charge is 0.225 e. The number of aliphatic imine (C=N–C) groups is 1. The fourth-order valence-corrected chi connectivity index (χ4v) is 4.54. The zero-order valence-electron chi connectivity index (χ0n) is 20.1. The second-order valence-corrected chi connectivity index (χ2v) is 8.74. The SMILES string of the molecule is CCc1cc(O)ccc1N=C(N)c1cnn2cc(-c3cccc[n+]3[O-])cc2c1NC[C@H]1CCCN1.O. The Kier molecular flexibility index (Phi) is 7.37. The topological polar surface area (TPSA) is 158 Å². The standard InChI is InChI=1S/C26H29N7O2.H2O/c1-2-17-12-20(34)8-9-22(17)31-26(27)21-15-30-32-16-18(23-7-3-4-11-33(23)35)13-24(32)25(21)29-14-19-6-5-10-28-19;/h3-4,7-9,11-13,15-16,19,28-29,34H,2,5-6,10,14H2,1H3,(H2,27,31);1H2/t19-;/m1./s1. The van der Waals surface area contributed by atoms with Gasteiger partial charge in [0.25, 0.3) is 0 Å². The first kappa shape index (κ1) is 25.0. The summed E-state index contributed by atoms with van der Waals surface area (Å²) in [6, 6.07) is 12.7. The molecule has 0 radical (unpaired) electrons. The summed E-state index contributed by atoms with van der Waals surface area (Å²) in [5, 5.41) is 33.8. The maximum Gasteiger partial charge on any atom is 0.225 e. The van der Waals surface area contributed by atoms with Gasteiger partial charge in [-0.05, 0) is 61.7 Å². The van der Waals surface area contributed by atoms with Crippen molar-refractivity contribution in [3.8, 4) is 17.0 Å². The van der Waals surface area contributed by atoms with Gasteiger partial charge in [-0.15, -0.1) is 0 Å². The Morgan fingerprint density at radius 3 is 2.94 bits per heavy atom. The van der Waals surface area contributed by atoms with Crippen LogP contribution in [0.5, 0.6) is 5.75 Å². The Bertz CT molecular complexity index is 1390. The van der Waals surface area contributed by atoms with Crippen molar-refractivity contribution in [3.05, 3.63) is 77.4 Å². The van der Waals surface area contributed by atoms with Crippen molar-refractivity contribution in [2.75, 3.05) is 18.4 Å². The van der Waals surface area contributed by atoms with Crippen molar-refractivity contribution >= 4 is 22.7 Å². The molecule has 36 heavy (non-hydrogen) atoms. The lowest BCUT2D eigenvalue weighted by atomic mass is 10.1. The Balaban J connectivity index is 0.00000304. The molecule has 4 heterocycles. The molecule has 3 aromatic heterocycles. The molecular weight excluding hydrogens is 458 g/mol. The lowest BCUT2D eigenvalue weighted by Gasteiger charge is -2.17. The molecule has 1 aromatic carbocycles. The van der Waals surface area contributed by atoms with Gasteiger partial charge in [-0.3, -0.25) is 0 Å². The molecule has 188 valence electrons. The van der Waals surface area contributed by atoms with Gasteiger partial charge in [0, 0.05) is 30.9 Å². The van der Waals surface area contributed by atoms with Crippen LogP contribution in [0.4, 0.5) is 11.4 Å². The van der Waals surface area contributed by atoms with Crippen molar-refractivity contribution in [3.63, 3.8) is 0 Å². The van der Waals surface area contributed by atoms with Crippen LogP contribution in [-0.4, -0.2) is 45.2 Å². The van der Waals surface area contributed by atoms with Crippen LogP contribution in [-0.2, 0) is 6.42 Å². The van der Waals surface area contributed by atoms with Gasteiger partial charge in [0.2, 0.25) is 5.69 Å². The molecule has 0 saturated carbocycles. The second kappa shape index (κ2) is 10.6.